The summed E-state index contributed by atoms with van der Waals surface area (Å²) in [6.45, 7) is 3.01. The summed E-state index contributed by atoms with van der Waals surface area (Å²) in [5, 5.41) is 13.6. The number of hydrogen-bond acceptors (Lipinski definition) is 6. The van der Waals surface area contributed by atoms with Crippen molar-refractivity contribution in [3.8, 4) is 17.0 Å². The molecule has 0 spiro atoms. The fraction of sp³-hybridized carbons (Fsp3) is 0.229. The summed E-state index contributed by atoms with van der Waals surface area (Å²) in [4.78, 5) is 31.7. The van der Waals surface area contributed by atoms with Gasteiger partial charge in [0.05, 0.1) is 34.5 Å². The highest BCUT2D eigenvalue weighted by Gasteiger charge is 2.31. The molecule has 7 rings (SSSR count). The van der Waals surface area contributed by atoms with Gasteiger partial charge in [0.25, 0.3) is 5.91 Å². The first-order valence-corrected chi connectivity index (χ1v) is 15.0. The predicted octanol–water partition coefficient (Wildman–Crippen LogP) is 6.11. The third-order valence-corrected chi connectivity index (χ3v) is 8.56. The molecule has 3 aromatic carbocycles. The number of hydrazine groups is 1. The standard InChI is InChI=1S/C35H30F2N4O4/c1-2-45-35(44)30-26(18-23-13-14-24(36)19-25(23)37)38-32-28-8-5-16-40(28)34(43)31(32)29(30)21-9-11-22(12-10-21)33(42)39-41-17-15-20-6-3-4-7-27(20)41/h3-4,6-7,9-14,19,43H,2,5,8,15-18H2,1H3,(H,39,42). The van der Waals surface area contributed by atoms with Crippen LogP contribution in [0.2, 0.25) is 0 Å². The van der Waals surface area contributed by atoms with Crippen LogP contribution in [0.3, 0.4) is 0 Å². The average Bonchev–Trinajstić information content (AvgIpc) is 3.75. The number of ether oxygens (including phenoxy) is 1. The molecule has 0 saturated carbocycles. The fourth-order valence-electron chi connectivity index (χ4n) is 6.47. The molecule has 1 amide bonds. The van der Waals surface area contributed by atoms with E-state index in [1.165, 1.54) is 6.07 Å². The van der Waals surface area contributed by atoms with Gasteiger partial charge in [-0.25, -0.2) is 18.6 Å². The number of aromatic nitrogens is 2. The van der Waals surface area contributed by atoms with Crippen LogP contribution in [0, 0.1) is 11.6 Å². The normalized spacial score (nSPS) is 13.6. The topological polar surface area (TPSA) is 96.7 Å². The van der Waals surface area contributed by atoms with Gasteiger partial charge in [-0.3, -0.25) is 15.2 Å². The first kappa shape index (κ1) is 28.5. The van der Waals surface area contributed by atoms with Crippen molar-refractivity contribution in [1.82, 2.24) is 15.0 Å². The molecular weight excluding hydrogens is 578 g/mol. The van der Waals surface area contributed by atoms with E-state index in [1.807, 2.05) is 29.3 Å². The van der Waals surface area contributed by atoms with Gasteiger partial charge in [-0.05, 0) is 67.1 Å². The summed E-state index contributed by atoms with van der Waals surface area (Å²) >= 11 is 0. The number of anilines is 1. The number of halogens is 2. The molecule has 0 bridgehead atoms. The van der Waals surface area contributed by atoms with Crippen molar-refractivity contribution in [1.29, 1.82) is 0 Å². The molecule has 228 valence electrons. The van der Waals surface area contributed by atoms with Crippen LogP contribution in [0.25, 0.3) is 22.0 Å². The lowest BCUT2D eigenvalue weighted by Gasteiger charge is -2.20. The second-order valence-electron chi connectivity index (χ2n) is 11.2. The lowest BCUT2D eigenvalue weighted by Crippen LogP contribution is -2.41. The number of nitrogens with zero attached hydrogens (tertiary/aromatic N) is 3. The monoisotopic (exact) mass is 608 g/mol. The quantitative estimate of drug-likeness (QED) is 0.217. The predicted molar refractivity (Wildman–Crippen MR) is 165 cm³/mol. The molecular formula is C35H30F2N4O4. The number of benzene rings is 3. The van der Waals surface area contributed by atoms with E-state index in [0.717, 1.165) is 41.9 Å². The molecule has 4 heterocycles. The highest BCUT2D eigenvalue weighted by Crippen LogP contribution is 2.44. The summed E-state index contributed by atoms with van der Waals surface area (Å²) in [5.74, 6) is -2.45. The van der Waals surface area contributed by atoms with Crippen molar-refractivity contribution in [2.24, 2.45) is 0 Å². The van der Waals surface area contributed by atoms with Crippen LogP contribution in [0.1, 0.15) is 56.6 Å². The zero-order valence-corrected chi connectivity index (χ0v) is 24.6. The number of esters is 1. The maximum Gasteiger partial charge on any atom is 0.340 e. The van der Waals surface area contributed by atoms with Crippen LogP contribution in [0.4, 0.5) is 14.5 Å². The molecule has 2 aliphatic rings. The van der Waals surface area contributed by atoms with E-state index in [1.54, 1.807) is 35.8 Å². The number of para-hydroxylation sites is 1. The number of nitrogens with one attached hydrogen (secondary N) is 1. The summed E-state index contributed by atoms with van der Waals surface area (Å²) in [6, 6.07) is 18.0. The number of rotatable bonds is 7. The van der Waals surface area contributed by atoms with E-state index in [-0.39, 0.29) is 41.6 Å². The largest absolute Gasteiger partial charge is 0.494 e. The number of fused-ring (bicyclic) bond motifs is 4. The highest BCUT2D eigenvalue weighted by atomic mass is 19.1. The minimum atomic E-state index is -0.755. The maximum atomic E-state index is 14.9. The van der Waals surface area contributed by atoms with Crippen LogP contribution < -0.4 is 10.4 Å². The number of pyridine rings is 1. The first-order valence-electron chi connectivity index (χ1n) is 15.0. The molecule has 2 aromatic heterocycles. The van der Waals surface area contributed by atoms with E-state index in [4.69, 9.17) is 9.72 Å². The number of hydrogen-bond donors (Lipinski definition) is 2. The number of aromatic hydroxyl groups is 1. The first-order chi connectivity index (χ1) is 21.8. The lowest BCUT2D eigenvalue weighted by atomic mass is 9.92. The van der Waals surface area contributed by atoms with Gasteiger partial charge in [0.15, 0.2) is 0 Å². The molecule has 0 saturated heterocycles. The SMILES string of the molecule is CCOC(=O)c1c(Cc2ccc(F)cc2F)nc2c3n(c(O)c2c1-c1ccc(C(=O)NN2CCc4ccccc42)cc1)CCC3. The van der Waals surface area contributed by atoms with Crippen LogP contribution in [0.15, 0.2) is 66.7 Å². The van der Waals surface area contributed by atoms with Crippen molar-refractivity contribution >= 4 is 28.5 Å². The molecule has 2 N–H and O–H groups in total. The Morgan fingerprint density at radius 3 is 2.60 bits per heavy atom. The van der Waals surface area contributed by atoms with Crippen LogP contribution >= 0.6 is 0 Å². The van der Waals surface area contributed by atoms with Crippen LogP contribution in [-0.2, 0) is 30.5 Å². The van der Waals surface area contributed by atoms with E-state index in [2.05, 4.69) is 5.43 Å². The van der Waals surface area contributed by atoms with Gasteiger partial charge >= 0.3 is 5.97 Å². The van der Waals surface area contributed by atoms with Crippen molar-refractivity contribution < 1.29 is 28.2 Å². The minimum Gasteiger partial charge on any atom is -0.494 e. The molecule has 45 heavy (non-hydrogen) atoms. The Kier molecular flexibility index (Phi) is 7.19. The van der Waals surface area contributed by atoms with E-state index in [0.29, 0.717) is 47.1 Å². The zero-order chi connectivity index (χ0) is 31.2. The van der Waals surface area contributed by atoms with Crippen molar-refractivity contribution in [3.63, 3.8) is 0 Å². The molecule has 0 aliphatic carbocycles. The van der Waals surface area contributed by atoms with Gasteiger partial charge in [0, 0.05) is 42.4 Å². The Balaban J connectivity index is 1.34. The van der Waals surface area contributed by atoms with Crippen molar-refractivity contribution in [2.45, 2.75) is 39.2 Å². The van der Waals surface area contributed by atoms with Gasteiger partial charge in [-0.15, -0.1) is 0 Å². The second kappa shape index (κ2) is 11.4. The molecule has 5 aromatic rings. The van der Waals surface area contributed by atoms with Gasteiger partial charge in [-0.1, -0.05) is 36.4 Å². The molecule has 10 heteroatoms. The van der Waals surface area contributed by atoms with Gasteiger partial charge in [0.1, 0.15) is 11.6 Å². The molecule has 0 radical (unpaired) electrons. The molecule has 0 fully saturated rings. The number of carbonyl (C=O) groups excluding carboxylic acids is 2. The maximum absolute atomic E-state index is 14.9. The Labute approximate surface area is 257 Å². The fourth-order valence-corrected chi connectivity index (χ4v) is 6.47. The second-order valence-corrected chi connectivity index (χ2v) is 11.2. The Morgan fingerprint density at radius 2 is 1.82 bits per heavy atom. The highest BCUT2D eigenvalue weighted by molar-refractivity contribution is 6.11. The number of carbonyl (C=O) groups is 2. The molecule has 2 aliphatic heterocycles. The van der Waals surface area contributed by atoms with E-state index in [9.17, 15) is 23.5 Å². The molecule has 0 atom stereocenters. The summed E-state index contributed by atoms with van der Waals surface area (Å²) in [7, 11) is 0. The summed E-state index contributed by atoms with van der Waals surface area (Å²) in [5.41, 5.74) is 8.26. The Morgan fingerprint density at radius 1 is 1.02 bits per heavy atom. The summed E-state index contributed by atoms with van der Waals surface area (Å²) in [6.07, 6.45) is 2.22. The lowest BCUT2D eigenvalue weighted by molar-refractivity contribution is 0.0525. The van der Waals surface area contributed by atoms with Crippen LogP contribution in [-0.4, -0.2) is 39.7 Å². The van der Waals surface area contributed by atoms with Crippen LogP contribution in [0.5, 0.6) is 5.88 Å². The smallest absolute Gasteiger partial charge is 0.340 e. The van der Waals surface area contributed by atoms with Gasteiger partial charge in [0.2, 0.25) is 5.88 Å². The summed E-state index contributed by atoms with van der Waals surface area (Å²) < 4.78 is 35.8. The molecule has 0 unspecified atom stereocenters. The van der Waals surface area contributed by atoms with Gasteiger partial charge < -0.3 is 14.4 Å². The Hall–Kier alpha value is -5.25. The van der Waals surface area contributed by atoms with E-state index >= 15 is 0 Å². The minimum absolute atomic E-state index is 0.0143. The third kappa shape index (κ3) is 4.96. The third-order valence-electron chi connectivity index (χ3n) is 8.56. The average molecular weight is 609 g/mol. The Bertz CT molecular complexity index is 1990. The number of amides is 1. The van der Waals surface area contributed by atoms with E-state index < -0.39 is 17.6 Å². The number of aryl methyl sites for hydroxylation is 1. The van der Waals surface area contributed by atoms with Crippen molar-refractivity contribution in [2.75, 3.05) is 18.2 Å². The zero-order valence-electron chi connectivity index (χ0n) is 24.6. The molecule has 8 nitrogen and oxygen atoms in total. The van der Waals surface area contributed by atoms with Gasteiger partial charge in [-0.2, -0.15) is 0 Å². The van der Waals surface area contributed by atoms with Crippen molar-refractivity contribution in [3.05, 3.63) is 112 Å².